The molecule has 1 aromatic heterocycles. The molecule has 1 atom stereocenters. The summed E-state index contributed by atoms with van der Waals surface area (Å²) >= 11 is 1.58. The fourth-order valence-electron chi connectivity index (χ4n) is 1.80. The van der Waals surface area contributed by atoms with Gasteiger partial charge in [0.2, 0.25) is 0 Å². The molecule has 0 aliphatic carbocycles. The number of thiazole rings is 1. The van der Waals surface area contributed by atoms with Gasteiger partial charge in [0.1, 0.15) is 5.75 Å². The fraction of sp³-hybridized carbons (Fsp3) is 0.308. The molecule has 0 bridgehead atoms. The van der Waals surface area contributed by atoms with Crippen molar-refractivity contribution < 1.29 is 5.11 Å². The van der Waals surface area contributed by atoms with E-state index in [0.29, 0.717) is 0 Å². The molecule has 0 saturated heterocycles. The Morgan fingerprint density at radius 1 is 1.50 bits per heavy atom. The minimum atomic E-state index is -0.164. The molecule has 5 heteroatoms. The molecule has 2 aromatic rings. The summed E-state index contributed by atoms with van der Waals surface area (Å²) in [6.45, 7) is 2.58. The minimum Gasteiger partial charge on any atom is -0.508 e. The number of aromatic nitrogens is 1. The van der Waals surface area contributed by atoms with Gasteiger partial charge in [-0.25, -0.2) is 4.98 Å². The highest BCUT2D eigenvalue weighted by Crippen LogP contribution is 2.28. The van der Waals surface area contributed by atoms with Gasteiger partial charge in [0.05, 0.1) is 17.7 Å². The Hall–Kier alpha value is -1.59. The molecule has 4 nitrogen and oxygen atoms in total. The van der Waals surface area contributed by atoms with Crippen LogP contribution in [-0.4, -0.2) is 17.1 Å². The highest BCUT2D eigenvalue weighted by atomic mass is 32.1. The topological polar surface area (TPSA) is 62.4 Å². The van der Waals surface area contributed by atoms with Gasteiger partial charge in [0, 0.05) is 35.8 Å². The average molecular weight is 263 g/mol. The Bertz CT molecular complexity index is 511. The first-order chi connectivity index (χ1) is 8.58. The lowest BCUT2D eigenvalue weighted by atomic mass is 10.1. The van der Waals surface area contributed by atoms with E-state index in [1.807, 2.05) is 41.9 Å². The average Bonchev–Trinajstić information content (AvgIpc) is 2.81. The second kappa shape index (κ2) is 5.37. The van der Waals surface area contributed by atoms with Crippen molar-refractivity contribution >= 4 is 17.0 Å². The molecule has 0 spiro atoms. The molecule has 0 saturated carbocycles. The Balaban J connectivity index is 2.16. The smallest absolute Gasteiger partial charge is 0.122 e. The highest BCUT2D eigenvalue weighted by molar-refractivity contribution is 7.07. The van der Waals surface area contributed by atoms with Crippen LogP contribution in [0.2, 0.25) is 0 Å². The predicted molar refractivity (Wildman–Crippen MR) is 74.9 cm³/mol. The molecule has 3 N–H and O–H groups in total. The number of benzene rings is 1. The van der Waals surface area contributed by atoms with E-state index >= 15 is 0 Å². The number of phenols is 1. The van der Waals surface area contributed by atoms with Gasteiger partial charge in [-0.1, -0.05) is 6.07 Å². The van der Waals surface area contributed by atoms with E-state index in [2.05, 4.69) is 4.98 Å². The summed E-state index contributed by atoms with van der Waals surface area (Å²) in [7, 11) is 1.97. The quantitative estimate of drug-likeness (QED) is 0.889. The first kappa shape index (κ1) is 12.9. The van der Waals surface area contributed by atoms with Crippen molar-refractivity contribution in [3.05, 3.63) is 40.3 Å². The molecule has 0 fully saturated rings. The third kappa shape index (κ3) is 2.80. The number of aromatic hydroxyl groups is 1. The Labute approximate surface area is 111 Å². The number of hydrogen-bond donors (Lipinski definition) is 2. The maximum atomic E-state index is 9.92. The van der Waals surface area contributed by atoms with Crippen LogP contribution in [0.15, 0.2) is 29.1 Å². The predicted octanol–water partition coefficient (Wildman–Crippen LogP) is 2.50. The van der Waals surface area contributed by atoms with E-state index in [0.717, 1.165) is 23.5 Å². The second-order valence-corrected chi connectivity index (χ2v) is 5.09. The monoisotopic (exact) mass is 263 g/mol. The van der Waals surface area contributed by atoms with Crippen molar-refractivity contribution in [2.45, 2.75) is 19.5 Å². The fourth-order valence-corrected chi connectivity index (χ4v) is 2.35. The Morgan fingerprint density at radius 3 is 2.83 bits per heavy atom. The van der Waals surface area contributed by atoms with Crippen molar-refractivity contribution in [3.8, 4) is 5.75 Å². The summed E-state index contributed by atoms with van der Waals surface area (Å²) in [6.07, 6.45) is 0. The number of rotatable bonds is 4. The maximum absolute atomic E-state index is 9.92. The van der Waals surface area contributed by atoms with Crippen molar-refractivity contribution in [1.29, 1.82) is 0 Å². The van der Waals surface area contributed by atoms with Crippen LogP contribution in [0.4, 0.5) is 5.69 Å². The third-order valence-electron chi connectivity index (χ3n) is 2.83. The van der Waals surface area contributed by atoms with Gasteiger partial charge < -0.3 is 15.7 Å². The molecular weight excluding hydrogens is 246 g/mol. The van der Waals surface area contributed by atoms with Crippen LogP contribution < -0.4 is 10.6 Å². The minimum absolute atomic E-state index is 0.164. The number of nitrogens with two attached hydrogens (primary N) is 1. The van der Waals surface area contributed by atoms with Crippen LogP contribution in [0.3, 0.4) is 0 Å². The molecule has 1 unspecified atom stereocenters. The normalized spacial score (nSPS) is 12.4. The number of hydrogen-bond acceptors (Lipinski definition) is 5. The van der Waals surface area contributed by atoms with Gasteiger partial charge in [0.25, 0.3) is 0 Å². The first-order valence-corrected chi connectivity index (χ1v) is 6.69. The Kier molecular flexibility index (Phi) is 3.84. The standard InChI is InChI=1S/C13H17N3OS/c1-9(14)12-4-3-11(5-13(12)17)16(2)6-10-7-18-8-15-10/h3-5,7-9,17H,6,14H2,1-2H3. The molecule has 0 radical (unpaired) electrons. The lowest BCUT2D eigenvalue weighted by Crippen LogP contribution is -2.16. The van der Waals surface area contributed by atoms with E-state index in [-0.39, 0.29) is 11.8 Å². The van der Waals surface area contributed by atoms with Crippen molar-refractivity contribution in [1.82, 2.24) is 4.98 Å². The third-order valence-corrected chi connectivity index (χ3v) is 3.46. The summed E-state index contributed by atoms with van der Waals surface area (Å²) in [6, 6.07) is 5.41. The second-order valence-electron chi connectivity index (χ2n) is 4.37. The summed E-state index contributed by atoms with van der Waals surface area (Å²) in [5.41, 5.74) is 10.3. The van der Waals surface area contributed by atoms with Crippen LogP contribution in [0.1, 0.15) is 24.2 Å². The molecule has 0 amide bonds. The maximum Gasteiger partial charge on any atom is 0.122 e. The number of anilines is 1. The zero-order chi connectivity index (χ0) is 13.1. The van der Waals surface area contributed by atoms with Gasteiger partial charge in [0.15, 0.2) is 0 Å². The summed E-state index contributed by atoms with van der Waals surface area (Å²) in [5, 5.41) is 11.9. The van der Waals surface area contributed by atoms with Crippen LogP contribution in [-0.2, 0) is 6.54 Å². The van der Waals surface area contributed by atoms with Crippen molar-refractivity contribution in [3.63, 3.8) is 0 Å². The molecule has 1 aromatic carbocycles. The van der Waals surface area contributed by atoms with Crippen molar-refractivity contribution in [2.75, 3.05) is 11.9 Å². The summed E-state index contributed by atoms with van der Waals surface area (Å²) < 4.78 is 0. The molecule has 0 aliphatic rings. The molecule has 2 rings (SSSR count). The van der Waals surface area contributed by atoms with E-state index in [4.69, 9.17) is 5.73 Å². The molecule has 0 aliphatic heterocycles. The first-order valence-electron chi connectivity index (χ1n) is 5.74. The largest absolute Gasteiger partial charge is 0.508 e. The van der Waals surface area contributed by atoms with E-state index in [9.17, 15) is 5.11 Å². The van der Waals surface area contributed by atoms with Gasteiger partial charge in [-0.05, 0) is 13.0 Å². The zero-order valence-corrected chi connectivity index (χ0v) is 11.3. The van der Waals surface area contributed by atoms with Gasteiger partial charge in [-0.2, -0.15) is 0 Å². The van der Waals surface area contributed by atoms with Gasteiger partial charge >= 0.3 is 0 Å². The molecular formula is C13H17N3OS. The van der Waals surface area contributed by atoms with E-state index < -0.39 is 0 Å². The number of nitrogens with zero attached hydrogens (tertiary/aromatic N) is 2. The summed E-state index contributed by atoms with van der Waals surface area (Å²) in [4.78, 5) is 6.29. The van der Waals surface area contributed by atoms with Gasteiger partial charge in [-0.3, -0.25) is 0 Å². The molecule has 18 heavy (non-hydrogen) atoms. The van der Waals surface area contributed by atoms with Crippen LogP contribution in [0, 0.1) is 0 Å². The van der Waals surface area contributed by atoms with Crippen LogP contribution in [0.5, 0.6) is 5.75 Å². The highest BCUT2D eigenvalue weighted by Gasteiger charge is 2.09. The Morgan fingerprint density at radius 2 is 2.28 bits per heavy atom. The van der Waals surface area contributed by atoms with Crippen LogP contribution >= 0.6 is 11.3 Å². The number of phenolic OH excluding ortho intramolecular Hbond substituents is 1. The van der Waals surface area contributed by atoms with Crippen LogP contribution in [0.25, 0.3) is 0 Å². The molecule has 1 heterocycles. The van der Waals surface area contributed by atoms with Gasteiger partial charge in [-0.15, -0.1) is 11.3 Å². The lowest BCUT2D eigenvalue weighted by Gasteiger charge is -2.19. The summed E-state index contributed by atoms with van der Waals surface area (Å²) in [5.74, 6) is 0.243. The van der Waals surface area contributed by atoms with Crippen molar-refractivity contribution in [2.24, 2.45) is 5.73 Å². The van der Waals surface area contributed by atoms with E-state index in [1.165, 1.54) is 0 Å². The lowest BCUT2D eigenvalue weighted by molar-refractivity contribution is 0.464. The molecule has 96 valence electrons. The van der Waals surface area contributed by atoms with E-state index in [1.54, 1.807) is 17.4 Å². The zero-order valence-electron chi connectivity index (χ0n) is 10.5. The SMILES string of the molecule is CC(N)c1ccc(N(C)Cc2cscn2)cc1O.